The van der Waals surface area contributed by atoms with Gasteiger partial charge in [0.05, 0.1) is 25.3 Å². The highest BCUT2D eigenvalue weighted by molar-refractivity contribution is 7.09. The van der Waals surface area contributed by atoms with E-state index in [2.05, 4.69) is 10.3 Å². The third-order valence-corrected chi connectivity index (χ3v) is 5.02. The second-order valence-electron chi connectivity index (χ2n) is 6.46. The predicted molar refractivity (Wildman–Crippen MR) is 115 cm³/mol. The van der Waals surface area contributed by atoms with Crippen LogP contribution in [0.4, 0.5) is 5.69 Å². The van der Waals surface area contributed by atoms with Crippen molar-refractivity contribution < 1.29 is 28.6 Å². The number of anilines is 1. The van der Waals surface area contributed by atoms with Crippen LogP contribution in [0.2, 0.25) is 0 Å². The van der Waals surface area contributed by atoms with Gasteiger partial charge in [-0.05, 0) is 37.3 Å². The molecular weight excluding hydrogens is 420 g/mol. The van der Waals surface area contributed by atoms with Gasteiger partial charge in [0.2, 0.25) is 0 Å². The average molecular weight is 440 g/mol. The van der Waals surface area contributed by atoms with Crippen molar-refractivity contribution in [2.75, 3.05) is 19.5 Å². The van der Waals surface area contributed by atoms with E-state index in [1.54, 1.807) is 5.38 Å². The summed E-state index contributed by atoms with van der Waals surface area (Å²) in [5.41, 5.74) is 1.76. The number of aromatic nitrogens is 1. The number of esters is 2. The van der Waals surface area contributed by atoms with Crippen LogP contribution < -0.4 is 10.1 Å². The molecular formula is C22H20N2O6S. The normalized spacial score (nSPS) is 10.3. The van der Waals surface area contributed by atoms with Crippen LogP contribution in [0.5, 0.6) is 5.75 Å². The Bertz CT molecular complexity index is 1070. The van der Waals surface area contributed by atoms with Gasteiger partial charge in [-0.3, -0.25) is 4.79 Å². The second kappa shape index (κ2) is 9.86. The summed E-state index contributed by atoms with van der Waals surface area (Å²) in [5, 5.41) is 4.87. The Morgan fingerprint density at radius 2 is 1.58 bits per heavy atom. The minimum absolute atomic E-state index is 0.103. The van der Waals surface area contributed by atoms with E-state index in [4.69, 9.17) is 14.2 Å². The number of methoxy groups -OCH3 is 2. The summed E-state index contributed by atoms with van der Waals surface area (Å²) in [4.78, 5) is 40.7. The Morgan fingerprint density at radius 1 is 0.968 bits per heavy atom. The summed E-state index contributed by atoms with van der Waals surface area (Å²) in [6, 6.07) is 11.8. The number of hydrogen-bond donors (Lipinski definition) is 1. The molecule has 3 rings (SSSR count). The number of hydrogen-bond acceptors (Lipinski definition) is 8. The summed E-state index contributed by atoms with van der Waals surface area (Å²) in [6.07, 6.45) is 0. The van der Waals surface area contributed by atoms with E-state index >= 15 is 0 Å². The zero-order chi connectivity index (χ0) is 22.4. The first-order chi connectivity index (χ1) is 14.9. The SMILES string of the molecule is COC(=O)c1cc(NC(=O)c2csc(COc3ccc(C)cc3)n2)cc(C(=O)OC)c1. The van der Waals surface area contributed by atoms with Crippen LogP contribution in [-0.2, 0) is 16.1 Å². The smallest absolute Gasteiger partial charge is 0.337 e. The zero-order valence-corrected chi connectivity index (χ0v) is 17.9. The van der Waals surface area contributed by atoms with Crippen LogP contribution in [-0.4, -0.2) is 37.0 Å². The van der Waals surface area contributed by atoms with Crippen molar-refractivity contribution in [2.45, 2.75) is 13.5 Å². The molecule has 0 radical (unpaired) electrons. The lowest BCUT2D eigenvalue weighted by atomic mass is 10.1. The van der Waals surface area contributed by atoms with Crippen LogP contribution in [0.15, 0.2) is 47.8 Å². The minimum atomic E-state index is -0.648. The standard InChI is InChI=1S/C22H20N2O6S/c1-13-4-6-17(7-5-13)30-11-19-24-18(12-31-19)20(25)23-16-9-14(21(26)28-2)8-15(10-16)22(27)29-3/h4-10,12H,11H2,1-3H3,(H,23,25). The van der Waals surface area contributed by atoms with Gasteiger partial charge >= 0.3 is 11.9 Å². The fourth-order valence-electron chi connectivity index (χ4n) is 2.63. The molecule has 2 aromatic carbocycles. The zero-order valence-electron chi connectivity index (χ0n) is 17.1. The summed E-state index contributed by atoms with van der Waals surface area (Å²) >= 11 is 1.29. The molecule has 0 unspecified atom stereocenters. The van der Waals surface area contributed by atoms with Gasteiger partial charge in [0.1, 0.15) is 23.1 Å². The van der Waals surface area contributed by atoms with Gasteiger partial charge in [-0.1, -0.05) is 17.7 Å². The van der Waals surface area contributed by atoms with Crippen LogP contribution in [0, 0.1) is 6.92 Å². The number of rotatable bonds is 7. The number of aryl methyl sites for hydroxylation is 1. The van der Waals surface area contributed by atoms with E-state index in [9.17, 15) is 14.4 Å². The minimum Gasteiger partial charge on any atom is -0.486 e. The van der Waals surface area contributed by atoms with Gasteiger partial charge in [-0.25, -0.2) is 14.6 Å². The highest BCUT2D eigenvalue weighted by Gasteiger charge is 2.17. The molecule has 160 valence electrons. The van der Waals surface area contributed by atoms with Crippen molar-refractivity contribution in [3.05, 3.63) is 75.2 Å². The van der Waals surface area contributed by atoms with Crippen molar-refractivity contribution in [3.63, 3.8) is 0 Å². The molecule has 1 heterocycles. The van der Waals surface area contributed by atoms with Gasteiger partial charge in [0, 0.05) is 11.1 Å². The predicted octanol–water partition coefficient (Wildman–Crippen LogP) is 3.86. The van der Waals surface area contributed by atoms with Gasteiger partial charge < -0.3 is 19.5 Å². The quantitative estimate of drug-likeness (QED) is 0.557. The molecule has 0 spiro atoms. The maximum Gasteiger partial charge on any atom is 0.337 e. The summed E-state index contributed by atoms with van der Waals surface area (Å²) in [5.74, 6) is -1.08. The number of nitrogens with one attached hydrogen (secondary N) is 1. The van der Waals surface area contributed by atoms with Gasteiger partial charge in [-0.2, -0.15) is 0 Å². The average Bonchev–Trinajstić information content (AvgIpc) is 3.26. The van der Waals surface area contributed by atoms with Crippen molar-refractivity contribution in [1.29, 1.82) is 0 Å². The van der Waals surface area contributed by atoms with E-state index in [1.807, 2.05) is 31.2 Å². The summed E-state index contributed by atoms with van der Waals surface area (Å²) < 4.78 is 15.1. The second-order valence-corrected chi connectivity index (χ2v) is 7.41. The highest BCUT2D eigenvalue weighted by atomic mass is 32.1. The first-order valence-electron chi connectivity index (χ1n) is 9.16. The molecule has 0 aliphatic heterocycles. The maximum absolute atomic E-state index is 12.6. The fraction of sp³-hybridized carbons (Fsp3) is 0.182. The number of nitrogens with zero attached hydrogens (tertiary/aromatic N) is 1. The first kappa shape index (κ1) is 22.0. The molecule has 0 saturated heterocycles. The van der Waals surface area contributed by atoms with Gasteiger partial charge in [-0.15, -0.1) is 11.3 Å². The molecule has 0 atom stereocenters. The molecule has 8 nitrogen and oxygen atoms in total. The number of thiazole rings is 1. The molecule has 3 aromatic rings. The molecule has 0 aliphatic carbocycles. The number of carbonyl (C=O) groups excluding carboxylic acids is 3. The van der Waals surface area contributed by atoms with E-state index in [-0.39, 0.29) is 29.1 Å². The van der Waals surface area contributed by atoms with Crippen LogP contribution in [0.3, 0.4) is 0 Å². The number of carbonyl (C=O) groups is 3. The monoisotopic (exact) mass is 440 g/mol. The Balaban J connectivity index is 1.71. The first-order valence-corrected chi connectivity index (χ1v) is 10.0. The van der Waals surface area contributed by atoms with E-state index in [0.29, 0.717) is 10.8 Å². The fourth-order valence-corrected chi connectivity index (χ4v) is 3.31. The van der Waals surface area contributed by atoms with Gasteiger partial charge in [0.25, 0.3) is 5.91 Å². The molecule has 0 fully saturated rings. The molecule has 0 saturated carbocycles. The molecule has 0 aliphatic rings. The lowest BCUT2D eigenvalue weighted by Crippen LogP contribution is -2.15. The van der Waals surface area contributed by atoms with E-state index in [0.717, 1.165) is 5.56 Å². The van der Waals surface area contributed by atoms with E-state index < -0.39 is 17.8 Å². The van der Waals surface area contributed by atoms with Crippen LogP contribution in [0.25, 0.3) is 0 Å². The van der Waals surface area contributed by atoms with Crippen molar-refractivity contribution in [2.24, 2.45) is 0 Å². The molecule has 1 amide bonds. The van der Waals surface area contributed by atoms with Crippen molar-refractivity contribution in [1.82, 2.24) is 4.98 Å². The Morgan fingerprint density at radius 3 is 2.16 bits per heavy atom. The van der Waals surface area contributed by atoms with Crippen LogP contribution >= 0.6 is 11.3 Å². The topological polar surface area (TPSA) is 104 Å². The number of amides is 1. The van der Waals surface area contributed by atoms with Crippen molar-refractivity contribution in [3.8, 4) is 5.75 Å². The third-order valence-electron chi connectivity index (χ3n) is 4.20. The van der Waals surface area contributed by atoms with Gasteiger partial charge in [0.15, 0.2) is 0 Å². The van der Waals surface area contributed by atoms with E-state index in [1.165, 1.54) is 43.8 Å². The molecule has 31 heavy (non-hydrogen) atoms. The summed E-state index contributed by atoms with van der Waals surface area (Å²) in [6.45, 7) is 2.22. The Hall–Kier alpha value is -3.72. The molecule has 9 heteroatoms. The summed E-state index contributed by atoms with van der Waals surface area (Å²) in [7, 11) is 2.45. The number of ether oxygens (including phenoxy) is 3. The third kappa shape index (κ3) is 5.67. The Labute approximate surface area is 182 Å². The highest BCUT2D eigenvalue weighted by Crippen LogP contribution is 2.20. The maximum atomic E-state index is 12.6. The molecule has 1 N–H and O–H groups in total. The molecule has 1 aromatic heterocycles. The largest absolute Gasteiger partial charge is 0.486 e. The van der Waals surface area contributed by atoms with Crippen LogP contribution in [0.1, 0.15) is 41.8 Å². The Kier molecular flexibility index (Phi) is 6.99. The van der Waals surface area contributed by atoms with Crippen molar-refractivity contribution >= 4 is 34.9 Å². The molecule has 0 bridgehead atoms. The lowest BCUT2D eigenvalue weighted by molar-refractivity contribution is 0.0599. The number of benzene rings is 2. The lowest BCUT2D eigenvalue weighted by Gasteiger charge is -2.09.